The van der Waals surface area contributed by atoms with E-state index < -0.39 is 12.7 Å². The second-order valence-corrected chi connectivity index (χ2v) is 2.26. The summed E-state index contributed by atoms with van der Waals surface area (Å²) in [4.78, 5) is 0. The van der Waals surface area contributed by atoms with Crippen LogP contribution in [0, 0.1) is 0 Å². The molecule has 0 aliphatic carbocycles. The molecule has 1 heterocycles. The van der Waals surface area contributed by atoms with Gasteiger partial charge in [0.1, 0.15) is 6.23 Å². The van der Waals surface area contributed by atoms with Crippen LogP contribution in [0.3, 0.4) is 0 Å². The number of nitrogens with one attached hydrogen (secondary N) is 1. The van der Waals surface area contributed by atoms with Gasteiger partial charge < -0.3 is 4.74 Å². The second-order valence-electron chi connectivity index (χ2n) is 2.26. The SMILES string of the molecule is CC1OC1NCC(F)(F)F. The summed E-state index contributed by atoms with van der Waals surface area (Å²) in [5.41, 5.74) is 0. The molecular weight excluding hydrogens is 147 g/mol. The third kappa shape index (κ3) is 2.53. The Morgan fingerprint density at radius 2 is 2.00 bits per heavy atom. The highest BCUT2D eigenvalue weighted by Crippen LogP contribution is 2.20. The number of epoxide rings is 1. The topological polar surface area (TPSA) is 24.6 Å². The molecule has 0 amide bonds. The minimum Gasteiger partial charge on any atom is -0.354 e. The normalized spacial score (nSPS) is 32.4. The highest BCUT2D eigenvalue weighted by atomic mass is 19.4. The first-order valence-corrected chi connectivity index (χ1v) is 2.94. The molecule has 2 nitrogen and oxygen atoms in total. The maximum atomic E-state index is 11.5. The van der Waals surface area contributed by atoms with E-state index in [4.69, 9.17) is 4.74 Å². The summed E-state index contributed by atoms with van der Waals surface area (Å²) in [6, 6.07) is 0. The lowest BCUT2D eigenvalue weighted by atomic mass is 10.5. The van der Waals surface area contributed by atoms with Crippen LogP contribution in [0.4, 0.5) is 13.2 Å². The monoisotopic (exact) mass is 155 g/mol. The first-order valence-electron chi connectivity index (χ1n) is 2.94. The molecule has 1 aliphatic heterocycles. The van der Waals surface area contributed by atoms with Gasteiger partial charge in [0, 0.05) is 0 Å². The van der Waals surface area contributed by atoms with Crippen molar-refractivity contribution >= 4 is 0 Å². The van der Waals surface area contributed by atoms with Crippen molar-refractivity contribution in [3.05, 3.63) is 0 Å². The highest BCUT2D eigenvalue weighted by molar-refractivity contribution is 4.78. The number of halogens is 3. The fourth-order valence-electron chi connectivity index (χ4n) is 0.616. The Hall–Kier alpha value is -0.290. The largest absolute Gasteiger partial charge is 0.401 e. The van der Waals surface area contributed by atoms with Crippen LogP contribution in [0.2, 0.25) is 0 Å². The van der Waals surface area contributed by atoms with Crippen LogP contribution in [0.5, 0.6) is 0 Å². The molecule has 5 heteroatoms. The van der Waals surface area contributed by atoms with E-state index in [-0.39, 0.29) is 12.3 Å². The minimum absolute atomic E-state index is 0.0673. The van der Waals surface area contributed by atoms with Crippen molar-refractivity contribution in [1.29, 1.82) is 0 Å². The van der Waals surface area contributed by atoms with E-state index in [1.807, 2.05) is 0 Å². The van der Waals surface area contributed by atoms with E-state index in [0.717, 1.165) is 0 Å². The van der Waals surface area contributed by atoms with Crippen LogP contribution >= 0.6 is 0 Å². The van der Waals surface area contributed by atoms with E-state index in [2.05, 4.69) is 5.32 Å². The van der Waals surface area contributed by atoms with Crippen molar-refractivity contribution in [2.24, 2.45) is 0 Å². The lowest BCUT2D eigenvalue weighted by molar-refractivity contribution is -0.126. The van der Waals surface area contributed by atoms with Gasteiger partial charge in [-0.3, -0.25) is 5.32 Å². The number of ether oxygens (including phenoxy) is 1. The van der Waals surface area contributed by atoms with Crippen molar-refractivity contribution in [3.8, 4) is 0 Å². The van der Waals surface area contributed by atoms with Gasteiger partial charge in [-0.2, -0.15) is 13.2 Å². The van der Waals surface area contributed by atoms with E-state index in [0.29, 0.717) is 0 Å². The predicted molar refractivity (Wildman–Crippen MR) is 28.4 cm³/mol. The summed E-state index contributed by atoms with van der Waals surface area (Å²) >= 11 is 0. The zero-order valence-electron chi connectivity index (χ0n) is 5.40. The molecular formula is C5H8F3NO. The maximum Gasteiger partial charge on any atom is 0.401 e. The first-order chi connectivity index (χ1) is 4.49. The number of alkyl halides is 3. The summed E-state index contributed by atoms with van der Waals surface area (Å²) in [6.45, 7) is 0.746. The van der Waals surface area contributed by atoms with E-state index >= 15 is 0 Å². The molecule has 0 radical (unpaired) electrons. The van der Waals surface area contributed by atoms with Crippen LogP contribution in [0.15, 0.2) is 0 Å². The van der Waals surface area contributed by atoms with Gasteiger partial charge in [-0.25, -0.2) is 0 Å². The standard InChI is InChI=1S/C5H8F3NO/c1-3-4(10-3)9-2-5(6,7)8/h3-4,9H,2H2,1H3. The zero-order chi connectivity index (χ0) is 7.78. The summed E-state index contributed by atoms with van der Waals surface area (Å²) < 4.78 is 39.1. The minimum atomic E-state index is -4.13. The van der Waals surface area contributed by atoms with Crippen molar-refractivity contribution in [1.82, 2.24) is 5.32 Å². The van der Waals surface area contributed by atoms with Gasteiger partial charge in [-0.1, -0.05) is 0 Å². The smallest absolute Gasteiger partial charge is 0.354 e. The molecule has 0 aromatic rings. The van der Waals surface area contributed by atoms with Crippen LogP contribution in [-0.4, -0.2) is 25.1 Å². The summed E-state index contributed by atoms with van der Waals surface area (Å²) in [6.07, 6.45) is -4.59. The van der Waals surface area contributed by atoms with Gasteiger partial charge in [-0.15, -0.1) is 0 Å². The van der Waals surface area contributed by atoms with Gasteiger partial charge >= 0.3 is 6.18 Å². The highest BCUT2D eigenvalue weighted by Gasteiger charge is 2.37. The fourth-order valence-corrected chi connectivity index (χ4v) is 0.616. The number of rotatable bonds is 2. The molecule has 0 aromatic carbocycles. The van der Waals surface area contributed by atoms with E-state index in [1.54, 1.807) is 6.92 Å². The van der Waals surface area contributed by atoms with Gasteiger partial charge in [0.05, 0.1) is 12.6 Å². The average Bonchev–Trinajstić information content (AvgIpc) is 2.40. The van der Waals surface area contributed by atoms with Crippen molar-refractivity contribution < 1.29 is 17.9 Å². The average molecular weight is 155 g/mol. The molecule has 1 rings (SSSR count). The number of hydrogen-bond donors (Lipinski definition) is 1. The second kappa shape index (κ2) is 2.39. The molecule has 60 valence electrons. The van der Waals surface area contributed by atoms with Gasteiger partial charge in [-0.05, 0) is 6.92 Å². The van der Waals surface area contributed by atoms with Crippen LogP contribution < -0.4 is 5.32 Å². The Morgan fingerprint density at radius 1 is 1.50 bits per heavy atom. The lowest BCUT2D eigenvalue weighted by Gasteiger charge is -2.04. The molecule has 1 saturated heterocycles. The maximum absolute atomic E-state index is 11.5. The van der Waals surface area contributed by atoms with Gasteiger partial charge in [0.15, 0.2) is 0 Å². The Labute approximate surface area is 56.4 Å². The molecule has 0 saturated carbocycles. The number of hydrogen-bond acceptors (Lipinski definition) is 2. The van der Waals surface area contributed by atoms with Gasteiger partial charge in [0.2, 0.25) is 0 Å². The van der Waals surface area contributed by atoms with E-state index in [9.17, 15) is 13.2 Å². The molecule has 0 bridgehead atoms. The molecule has 2 unspecified atom stereocenters. The Bertz CT molecular complexity index is 125. The molecule has 0 spiro atoms. The van der Waals surface area contributed by atoms with Gasteiger partial charge in [0.25, 0.3) is 0 Å². The van der Waals surface area contributed by atoms with E-state index in [1.165, 1.54) is 0 Å². The zero-order valence-corrected chi connectivity index (χ0v) is 5.40. The quantitative estimate of drug-likeness (QED) is 0.599. The molecule has 10 heavy (non-hydrogen) atoms. The first kappa shape index (κ1) is 7.81. The third-order valence-electron chi connectivity index (χ3n) is 1.21. The molecule has 2 atom stereocenters. The predicted octanol–water partition coefficient (Wildman–Crippen LogP) is 0.883. The lowest BCUT2D eigenvalue weighted by Crippen LogP contribution is -2.31. The molecule has 1 N–H and O–H groups in total. The van der Waals surface area contributed by atoms with Crippen LogP contribution in [0.1, 0.15) is 6.92 Å². The summed E-state index contributed by atoms with van der Waals surface area (Å²) in [7, 11) is 0. The van der Waals surface area contributed by atoms with Crippen molar-refractivity contribution in [3.63, 3.8) is 0 Å². The Balaban J connectivity index is 2.06. The van der Waals surface area contributed by atoms with Crippen LogP contribution in [0.25, 0.3) is 0 Å². The molecule has 0 aromatic heterocycles. The van der Waals surface area contributed by atoms with Crippen molar-refractivity contribution in [2.75, 3.05) is 6.54 Å². The fraction of sp³-hybridized carbons (Fsp3) is 1.00. The third-order valence-corrected chi connectivity index (χ3v) is 1.21. The Kier molecular flexibility index (Phi) is 1.87. The van der Waals surface area contributed by atoms with Crippen molar-refractivity contribution in [2.45, 2.75) is 25.4 Å². The summed E-state index contributed by atoms with van der Waals surface area (Å²) in [5, 5.41) is 2.20. The molecule has 1 aliphatic rings. The van der Waals surface area contributed by atoms with Crippen LogP contribution in [-0.2, 0) is 4.74 Å². The Morgan fingerprint density at radius 3 is 2.30 bits per heavy atom. The summed E-state index contributed by atoms with van der Waals surface area (Å²) in [5.74, 6) is 0. The molecule has 1 fully saturated rings.